The summed E-state index contributed by atoms with van der Waals surface area (Å²) in [5.74, 6) is -0.487. The summed E-state index contributed by atoms with van der Waals surface area (Å²) < 4.78 is 22.9. The monoisotopic (exact) mass is 384 g/mol. The minimum absolute atomic E-state index is 0. The number of amides is 1. The van der Waals surface area contributed by atoms with Crippen LogP contribution in [0, 0.1) is 6.92 Å². The van der Waals surface area contributed by atoms with E-state index in [9.17, 15) is 13.2 Å². The lowest BCUT2D eigenvalue weighted by Crippen LogP contribution is -2.37. The Kier molecular flexibility index (Phi) is 7.72. The molecule has 0 fully saturated rings. The van der Waals surface area contributed by atoms with Gasteiger partial charge in [0, 0.05) is 16.4 Å². The zero-order valence-corrected chi connectivity index (χ0v) is 14.4. The van der Waals surface area contributed by atoms with E-state index in [2.05, 4.69) is 21.2 Å². The molecule has 0 aliphatic carbocycles. The molecule has 0 aromatic heterocycles. The molecule has 1 aromatic carbocycles. The van der Waals surface area contributed by atoms with Gasteiger partial charge in [0.25, 0.3) is 0 Å². The van der Waals surface area contributed by atoms with Gasteiger partial charge in [0.05, 0.1) is 11.8 Å². The molecule has 8 heteroatoms. The fourth-order valence-electron chi connectivity index (χ4n) is 1.38. The second-order valence-corrected chi connectivity index (χ2v) is 7.59. The quantitative estimate of drug-likeness (QED) is 0.810. The maximum absolute atomic E-state index is 11.8. The molecular weight excluding hydrogens is 368 g/mol. The molecule has 114 valence electrons. The Bertz CT molecular complexity index is 578. The molecule has 0 spiro atoms. The molecule has 0 saturated heterocycles. The normalized spacial score (nSPS) is 12.4. The van der Waals surface area contributed by atoms with E-state index in [4.69, 9.17) is 5.73 Å². The summed E-state index contributed by atoms with van der Waals surface area (Å²) in [6.07, 6.45) is 1.23. The van der Waals surface area contributed by atoms with Crippen molar-refractivity contribution >= 4 is 49.8 Å². The van der Waals surface area contributed by atoms with E-state index in [0.717, 1.165) is 16.3 Å². The lowest BCUT2D eigenvalue weighted by Gasteiger charge is -2.12. The molecule has 5 nitrogen and oxygen atoms in total. The number of aryl methyl sites for hydroxylation is 1. The van der Waals surface area contributed by atoms with Gasteiger partial charge in [-0.05, 0) is 31.0 Å². The van der Waals surface area contributed by atoms with Crippen LogP contribution in [0.15, 0.2) is 22.7 Å². The first kappa shape index (κ1) is 19.4. The number of carbonyl (C=O) groups excluding carboxylic acids is 1. The number of benzene rings is 1. The van der Waals surface area contributed by atoms with Gasteiger partial charge in [0.1, 0.15) is 9.84 Å². The molecule has 1 rings (SSSR count). The second kappa shape index (κ2) is 7.97. The highest BCUT2D eigenvalue weighted by atomic mass is 79.9. The Morgan fingerprint density at radius 3 is 2.55 bits per heavy atom. The van der Waals surface area contributed by atoms with Gasteiger partial charge in [-0.1, -0.05) is 22.0 Å². The fourth-order valence-corrected chi connectivity index (χ4v) is 2.44. The van der Waals surface area contributed by atoms with E-state index in [1.165, 1.54) is 0 Å². The van der Waals surface area contributed by atoms with Crippen molar-refractivity contribution in [2.24, 2.45) is 5.73 Å². The van der Waals surface area contributed by atoms with Crippen molar-refractivity contribution in [3.8, 4) is 0 Å². The van der Waals surface area contributed by atoms with Crippen LogP contribution in [0.4, 0.5) is 5.69 Å². The number of hydrogen-bond acceptors (Lipinski definition) is 4. The molecule has 0 aliphatic rings. The Morgan fingerprint density at radius 2 is 2.05 bits per heavy atom. The van der Waals surface area contributed by atoms with E-state index in [1.807, 2.05) is 13.0 Å². The van der Waals surface area contributed by atoms with Crippen molar-refractivity contribution < 1.29 is 13.2 Å². The summed E-state index contributed by atoms with van der Waals surface area (Å²) >= 11 is 3.37. The Morgan fingerprint density at radius 1 is 1.45 bits per heavy atom. The van der Waals surface area contributed by atoms with Crippen molar-refractivity contribution in [3.63, 3.8) is 0 Å². The van der Waals surface area contributed by atoms with Crippen LogP contribution in [0.25, 0.3) is 0 Å². The number of hydrogen-bond donors (Lipinski definition) is 2. The third-order valence-electron chi connectivity index (χ3n) is 2.58. The summed E-state index contributed by atoms with van der Waals surface area (Å²) in [5.41, 5.74) is 7.33. The van der Waals surface area contributed by atoms with Gasteiger partial charge < -0.3 is 11.1 Å². The first-order valence-electron chi connectivity index (χ1n) is 5.69. The number of nitrogens with one attached hydrogen (secondary N) is 1. The van der Waals surface area contributed by atoms with Crippen molar-refractivity contribution in [2.75, 3.05) is 17.3 Å². The van der Waals surface area contributed by atoms with Crippen LogP contribution < -0.4 is 11.1 Å². The van der Waals surface area contributed by atoms with E-state index >= 15 is 0 Å². The smallest absolute Gasteiger partial charge is 0.241 e. The molecule has 0 saturated carbocycles. The molecule has 0 heterocycles. The topological polar surface area (TPSA) is 89.3 Å². The highest BCUT2D eigenvalue weighted by Gasteiger charge is 2.16. The van der Waals surface area contributed by atoms with E-state index < -0.39 is 15.9 Å². The standard InChI is InChI=1S/C12H17BrN2O3S.ClH/c1-8-3-4-9(7-10(8)13)15-12(16)11(14)5-6-19(2,17)18;/h3-4,7,11H,5-6,14H2,1-2H3,(H,15,16);1H. The molecule has 0 radical (unpaired) electrons. The van der Waals surface area contributed by atoms with Gasteiger partial charge in [-0.25, -0.2) is 8.42 Å². The zero-order valence-electron chi connectivity index (χ0n) is 11.2. The predicted octanol–water partition coefficient (Wildman–Crippen LogP) is 1.88. The number of nitrogens with two attached hydrogens (primary N) is 1. The second-order valence-electron chi connectivity index (χ2n) is 4.48. The van der Waals surface area contributed by atoms with Gasteiger partial charge in [-0.2, -0.15) is 0 Å². The molecule has 1 aromatic rings. The van der Waals surface area contributed by atoms with Crippen LogP contribution in [0.2, 0.25) is 0 Å². The average molecular weight is 386 g/mol. The van der Waals surface area contributed by atoms with E-state index in [0.29, 0.717) is 5.69 Å². The third kappa shape index (κ3) is 6.69. The van der Waals surface area contributed by atoms with Gasteiger partial charge in [-0.3, -0.25) is 4.79 Å². The lowest BCUT2D eigenvalue weighted by atomic mass is 10.2. The number of rotatable bonds is 5. The Hall–Kier alpha value is -0.630. The zero-order chi connectivity index (χ0) is 14.6. The van der Waals surface area contributed by atoms with Crippen LogP contribution in [-0.2, 0) is 14.6 Å². The van der Waals surface area contributed by atoms with Gasteiger partial charge >= 0.3 is 0 Å². The number of halogens is 2. The summed E-state index contributed by atoms with van der Waals surface area (Å²) in [7, 11) is -3.11. The molecule has 20 heavy (non-hydrogen) atoms. The van der Waals surface area contributed by atoms with Gasteiger partial charge in [0.2, 0.25) is 5.91 Å². The molecule has 0 aliphatic heterocycles. The third-order valence-corrected chi connectivity index (χ3v) is 4.41. The van der Waals surface area contributed by atoms with Gasteiger partial charge in [-0.15, -0.1) is 12.4 Å². The van der Waals surface area contributed by atoms with Crippen molar-refractivity contribution in [1.82, 2.24) is 0 Å². The summed E-state index contributed by atoms with van der Waals surface area (Å²) in [6.45, 7) is 1.94. The Balaban J connectivity index is 0.00000361. The molecule has 1 amide bonds. The lowest BCUT2D eigenvalue weighted by molar-refractivity contribution is -0.117. The minimum Gasteiger partial charge on any atom is -0.325 e. The fraction of sp³-hybridized carbons (Fsp3) is 0.417. The number of anilines is 1. The van der Waals surface area contributed by atoms with Crippen LogP contribution in [-0.4, -0.2) is 32.4 Å². The molecule has 1 unspecified atom stereocenters. The van der Waals surface area contributed by atoms with Crippen molar-refractivity contribution in [1.29, 1.82) is 0 Å². The number of carbonyl (C=O) groups is 1. The number of sulfone groups is 1. The summed E-state index contributed by atoms with van der Waals surface area (Å²) in [6, 6.07) is 4.56. The SMILES string of the molecule is Cc1ccc(NC(=O)C(N)CCS(C)(=O)=O)cc1Br.Cl. The van der Waals surface area contributed by atoms with Crippen LogP contribution >= 0.6 is 28.3 Å². The Labute approximate surface area is 133 Å². The maximum atomic E-state index is 11.8. The van der Waals surface area contributed by atoms with Crippen LogP contribution in [0.5, 0.6) is 0 Å². The van der Waals surface area contributed by atoms with Gasteiger partial charge in [0.15, 0.2) is 0 Å². The van der Waals surface area contributed by atoms with E-state index in [1.54, 1.807) is 12.1 Å². The highest BCUT2D eigenvalue weighted by molar-refractivity contribution is 9.10. The first-order chi connectivity index (χ1) is 8.69. The summed E-state index contributed by atoms with van der Waals surface area (Å²) in [5, 5.41) is 2.66. The van der Waals surface area contributed by atoms with Crippen LogP contribution in [0.3, 0.4) is 0 Å². The predicted molar refractivity (Wildman–Crippen MR) is 87.1 cm³/mol. The highest BCUT2D eigenvalue weighted by Crippen LogP contribution is 2.20. The molecule has 3 N–H and O–H groups in total. The van der Waals surface area contributed by atoms with E-state index in [-0.39, 0.29) is 30.5 Å². The van der Waals surface area contributed by atoms with Crippen molar-refractivity contribution in [2.45, 2.75) is 19.4 Å². The first-order valence-corrected chi connectivity index (χ1v) is 8.55. The minimum atomic E-state index is -3.11. The summed E-state index contributed by atoms with van der Waals surface area (Å²) in [4.78, 5) is 11.8. The maximum Gasteiger partial charge on any atom is 0.241 e. The molecular formula is C12H18BrClN2O3S. The largest absolute Gasteiger partial charge is 0.325 e. The van der Waals surface area contributed by atoms with Crippen molar-refractivity contribution in [3.05, 3.63) is 28.2 Å². The average Bonchev–Trinajstić information content (AvgIpc) is 2.29. The molecule has 1 atom stereocenters. The molecule has 0 bridgehead atoms. The van der Waals surface area contributed by atoms with Crippen LogP contribution in [0.1, 0.15) is 12.0 Å².